The van der Waals surface area contributed by atoms with Crippen molar-refractivity contribution in [1.82, 2.24) is 15.0 Å². The van der Waals surface area contributed by atoms with Gasteiger partial charge >= 0.3 is 0 Å². The lowest BCUT2D eigenvalue weighted by molar-refractivity contribution is -0.138. The van der Waals surface area contributed by atoms with Gasteiger partial charge in [0.15, 0.2) is 5.82 Å². The summed E-state index contributed by atoms with van der Waals surface area (Å²) in [6.07, 6.45) is 5.39. The fraction of sp³-hybridized carbons (Fsp3) is 0.786. The van der Waals surface area contributed by atoms with E-state index in [1.807, 2.05) is 4.90 Å². The highest BCUT2D eigenvalue weighted by molar-refractivity contribution is 5.77. The second-order valence-electron chi connectivity index (χ2n) is 5.59. The number of carbonyl (C=O) groups is 1. The van der Waals surface area contributed by atoms with Crippen LogP contribution >= 0.6 is 0 Å². The molecule has 2 saturated heterocycles. The molecule has 0 unspecified atom stereocenters. The molecule has 0 aliphatic carbocycles. The monoisotopic (exact) mass is 295 g/mol. The highest BCUT2D eigenvalue weighted by atomic mass is 16.5. The van der Waals surface area contributed by atoms with E-state index in [-0.39, 0.29) is 18.6 Å². The lowest BCUT2D eigenvalue weighted by Gasteiger charge is -2.30. The molecule has 21 heavy (non-hydrogen) atoms. The van der Waals surface area contributed by atoms with E-state index in [9.17, 15) is 4.79 Å². The molecule has 0 N–H and O–H groups in total. The summed E-state index contributed by atoms with van der Waals surface area (Å²) in [4.78, 5) is 18.0. The molecule has 1 aromatic heterocycles. The smallest absolute Gasteiger partial charge is 0.248 e. The Bertz CT molecular complexity index is 437. The summed E-state index contributed by atoms with van der Waals surface area (Å²) in [6.45, 7) is 2.92. The van der Waals surface area contributed by atoms with E-state index in [0.29, 0.717) is 12.5 Å². The maximum Gasteiger partial charge on any atom is 0.248 e. The zero-order chi connectivity index (χ0) is 14.5. The molecular weight excluding hydrogens is 274 g/mol. The SMILES string of the molecule is O=C(COC[C@H]1CCCO1)N1CCC(c2ncon2)CC1. The van der Waals surface area contributed by atoms with Crippen LogP contribution in [0.25, 0.3) is 0 Å². The fourth-order valence-electron chi connectivity index (χ4n) is 2.89. The van der Waals surface area contributed by atoms with E-state index in [1.165, 1.54) is 6.39 Å². The molecule has 0 saturated carbocycles. The first-order valence-electron chi connectivity index (χ1n) is 7.56. The molecule has 0 radical (unpaired) electrons. The minimum atomic E-state index is 0.0551. The van der Waals surface area contributed by atoms with E-state index in [1.54, 1.807) is 0 Å². The number of nitrogens with zero attached hydrogens (tertiary/aromatic N) is 3. The summed E-state index contributed by atoms with van der Waals surface area (Å²) in [7, 11) is 0. The van der Waals surface area contributed by atoms with Gasteiger partial charge in [0.25, 0.3) is 0 Å². The molecule has 0 aromatic carbocycles. The van der Waals surface area contributed by atoms with Crippen LogP contribution in [0.5, 0.6) is 0 Å². The molecule has 7 heteroatoms. The Morgan fingerprint density at radius 2 is 2.24 bits per heavy atom. The third kappa shape index (κ3) is 3.79. The zero-order valence-electron chi connectivity index (χ0n) is 12.1. The highest BCUT2D eigenvalue weighted by Crippen LogP contribution is 2.25. The van der Waals surface area contributed by atoms with Gasteiger partial charge in [-0.15, -0.1) is 0 Å². The van der Waals surface area contributed by atoms with Crippen LogP contribution in [-0.2, 0) is 14.3 Å². The van der Waals surface area contributed by atoms with Crippen molar-refractivity contribution in [2.45, 2.75) is 37.7 Å². The largest absolute Gasteiger partial charge is 0.376 e. The molecule has 1 aromatic rings. The van der Waals surface area contributed by atoms with Gasteiger partial charge in [0, 0.05) is 25.6 Å². The molecular formula is C14H21N3O4. The second-order valence-corrected chi connectivity index (χ2v) is 5.59. The highest BCUT2D eigenvalue weighted by Gasteiger charge is 2.26. The standard InChI is InChI=1S/C14H21N3O4/c18-13(9-19-8-12-2-1-7-20-12)17-5-3-11(4-6-17)14-15-10-21-16-14/h10-12H,1-9H2/t12-/m1/s1. The van der Waals surface area contributed by atoms with E-state index >= 15 is 0 Å². The minimum absolute atomic E-state index is 0.0551. The van der Waals surface area contributed by atoms with Crippen molar-refractivity contribution in [3.05, 3.63) is 12.2 Å². The summed E-state index contributed by atoms with van der Waals surface area (Å²) in [5.74, 6) is 1.09. The molecule has 2 aliphatic rings. The van der Waals surface area contributed by atoms with Crippen LogP contribution in [0.4, 0.5) is 0 Å². The maximum atomic E-state index is 12.1. The molecule has 2 aliphatic heterocycles. The number of rotatable bonds is 5. The van der Waals surface area contributed by atoms with Gasteiger partial charge in [0.1, 0.15) is 6.61 Å². The van der Waals surface area contributed by atoms with Crippen molar-refractivity contribution < 1.29 is 18.8 Å². The van der Waals surface area contributed by atoms with E-state index in [0.717, 1.165) is 51.2 Å². The van der Waals surface area contributed by atoms with Gasteiger partial charge in [-0.05, 0) is 25.7 Å². The van der Waals surface area contributed by atoms with Crippen molar-refractivity contribution in [3.63, 3.8) is 0 Å². The molecule has 0 bridgehead atoms. The number of hydrogen-bond acceptors (Lipinski definition) is 6. The molecule has 116 valence electrons. The van der Waals surface area contributed by atoms with Crippen molar-refractivity contribution in [1.29, 1.82) is 0 Å². The lowest BCUT2D eigenvalue weighted by Crippen LogP contribution is -2.40. The molecule has 7 nitrogen and oxygen atoms in total. The van der Waals surface area contributed by atoms with Crippen LogP contribution in [0, 0.1) is 0 Å². The normalized spacial score (nSPS) is 23.6. The predicted molar refractivity (Wildman–Crippen MR) is 72.6 cm³/mol. The average molecular weight is 295 g/mol. The Labute approximate surface area is 123 Å². The third-order valence-electron chi connectivity index (χ3n) is 4.14. The molecule has 0 spiro atoms. The van der Waals surface area contributed by atoms with Crippen molar-refractivity contribution in [3.8, 4) is 0 Å². The van der Waals surface area contributed by atoms with Gasteiger partial charge in [0.2, 0.25) is 12.3 Å². The summed E-state index contributed by atoms with van der Waals surface area (Å²) in [5, 5.41) is 3.88. The van der Waals surface area contributed by atoms with Crippen molar-refractivity contribution >= 4 is 5.91 Å². The summed E-state index contributed by atoms with van der Waals surface area (Å²) < 4.78 is 15.7. The first-order chi connectivity index (χ1) is 10.3. The number of carbonyl (C=O) groups excluding carboxylic acids is 1. The Kier molecular flexibility index (Phi) is 4.82. The zero-order valence-corrected chi connectivity index (χ0v) is 12.1. The number of likely N-dealkylation sites (tertiary alicyclic amines) is 1. The second kappa shape index (κ2) is 7.00. The number of ether oxygens (including phenoxy) is 2. The molecule has 1 atom stereocenters. The number of piperidine rings is 1. The summed E-state index contributed by atoms with van der Waals surface area (Å²) >= 11 is 0. The van der Waals surface area contributed by atoms with Gasteiger partial charge < -0.3 is 18.9 Å². The predicted octanol–water partition coefficient (Wildman–Crippen LogP) is 0.971. The quantitative estimate of drug-likeness (QED) is 0.805. The van der Waals surface area contributed by atoms with E-state index in [4.69, 9.17) is 14.0 Å². The topological polar surface area (TPSA) is 77.7 Å². The van der Waals surface area contributed by atoms with Crippen LogP contribution in [-0.4, -0.2) is 60.0 Å². The van der Waals surface area contributed by atoms with Crippen molar-refractivity contribution in [2.24, 2.45) is 0 Å². The van der Waals surface area contributed by atoms with Crippen molar-refractivity contribution in [2.75, 3.05) is 32.9 Å². The average Bonchev–Trinajstić information content (AvgIpc) is 3.21. The van der Waals surface area contributed by atoms with Gasteiger partial charge in [-0.25, -0.2) is 0 Å². The third-order valence-corrected chi connectivity index (χ3v) is 4.14. The van der Waals surface area contributed by atoms with Crippen LogP contribution in [0.2, 0.25) is 0 Å². The fourth-order valence-corrected chi connectivity index (χ4v) is 2.89. The van der Waals surface area contributed by atoms with E-state index in [2.05, 4.69) is 10.1 Å². The van der Waals surface area contributed by atoms with Crippen LogP contribution in [0.3, 0.4) is 0 Å². The molecule has 1 amide bonds. The number of hydrogen-bond donors (Lipinski definition) is 0. The molecule has 3 rings (SSSR count). The van der Waals surface area contributed by atoms with Gasteiger partial charge in [-0.1, -0.05) is 5.16 Å². The first-order valence-corrected chi connectivity index (χ1v) is 7.56. The Hall–Kier alpha value is -1.47. The van der Waals surface area contributed by atoms with Crippen LogP contribution in [0.1, 0.15) is 37.4 Å². The van der Waals surface area contributed by atoms with Gasteiger partial charge in [-0.3, -0.25) is 4.79 Å². The Balaban J connectivity index is 1.36. The van der Waals surface area contributed by atoms with Gasteiger partial charge in [0.05, 0.1) is 12.7 Å². The Morgan fingerprint density at radius 1 is 1.38 bits per heavy atom. The number of aromatic nitrogens is 2. The Morgan fingerprint density at radius 3 is 2.90 bits per heavy atom. The lowest BCUT2D eigenvalue weighted by atomic mass is 9.96. The first kappa shape index (κ1) is 14.5. The van der Waals surface area contributed by atoms with Crippen LogP contribution < -0.4 is 0 Å². The summed E-state index contributed by atoms with van der Waals surface area (Å²) in [5.41, 5.74) is 0. The molecule has 2 fully saturated rings. The minimum Gasteiger partial charge on any atom is -0.376 e. The number of amides is 1. The van der Waals surface area contributed by atoms with Gasteiger partial charge in [-0.2, -0.15) is 4.98 Å². The molecule has 3 heterocycles. The maximum absolute atomic E-state index is 12.1. The van der Waals surface area contributed by atoms with E-state index < -0.39 is 0 Å². The van der Waals surface area contributed by atoms with Crippen LogP contribution in [0.15, 0.2) is 10.9 Å². The summed E-state index contributed by atoms with van der Waals surface area (Å²) in [6, 6.07) is 0.